The second-order valence-electron chi connectivity index (χ2n) is 6.45. The number of ether oxygens (including phenoxy) is 1. The van der Waals surface area contributed by atoms with Crippen molar-refractivity contribution in [2.24, 2.45) is 0 Å². The van der Waals surface area contributed by atoms with Crippen molar-refractivity contribution in [2.75, 3.05) is 25.5 Å². The van der Waals surface area contributed by atoms with Crippen LogP contribution in [0.1, 0.15) is 19.8 Å². The van der Waals surface area contributed by atoms with E-state index in [4.69, 9.17) is 4.74 Å². The maximum atomic E-state index is 12.9. The number of rotatable bonds is 5. The highest BCUT2D eigenvalue weighted by Crippen LogP contribution is 2.30. The molecule has 0 aromatic heterocycles. The van der Waals surface area contributed by atoms with Crippen molar-refractivity contribution in [1.82, 2.24) is 10.2 Å². The van der Waals surface area contributed by atoms with Gasteiger partial charge >= 0.3 is 6.03 Å². The molecule has 2 aromatic rings. The summed E-state index contributed by atoms with van der Waals surface area (Å²) in [6.07, 6.45) is 1.50. The summed E-state index contributed by atoms with van der Waals surface area (Å²) in [7, 11) is 1.63. The van der Waals surface area contributed by atoms with Gasteiger partial charge in [-0.05, 0) is 43.5 Å². The molecular formula is C21H25N3O3. The zero-order valence-corrected chi connectivity index (χ0v) is 15.7. The molecule has 1 aliphatic rings. The lowest BCUT2D eigenvalue weighted by Crippen LogP contribution is -2.47. The minimum atomic E-state index is -0.444. The first kappa shape index (κ1) is 18.8. The van der Waals surface area contributed by atoms with Gasteiger partial charge in [-0.1, -0.05) is 30.3 Å². The molecule has 142 valence electrons. The molecular weight excluding hydrogens is 342 g/mol. The minimum Gasteiger partial charge on any atom is -0.497 e. The monoisotopic (exact) mass is 367 g/mol. The summed E-state index contributed by atoms with van der Waals surface area (Å²) in [5.41, 5.74) is 2.64. The van der Waals surface area contributed by atoms with Crippen molar-refractivity contribution in [2.45, 2.75) is 25.8 Å². The number of likely N-dealkylation sites (tertiary alicyclic amines) is 1. The average molecular weight is 367 g/mol. The fraction of sp³-hybridized carbons (Fsp3) is 0.333. The molecule has 1 fully saturated rings. The van der Waals surface area contributed by atoms with Crippen LogP contribution in [-0.2, 0) is 4.79 Å². The van der Waals surface area contributed by atoms with Crippen LogP contribution in [0.2, 0.25) is 0 Å². The minimum absolute atomic E-state index is 0.153. The molecule has 0 bridgehead atoms. The van der Waals surface area contributed by atoms with Crippen LogP contribution in [-0.4, -0.2) is 43.1 Å². The molecule has 1 heterocycles. The van der Waals surface area contributed by atoms with Gasteiger partial charge in [-0.15, -0.1) is 0 Å². The fourth-order valence-electron chi connectivity index (χ4n) is 3.37. The maximum Gasteiger partial charge on any atom is 0.318 e. The van der Waals surface area contributed by atoms with Gasteiger partial charge in [0, 0.05) is 24.3 Å². The number of hydrogen-bond acceptors (Lipinski definition) is 3. The predicted octanol–water partition coefficient (Wildman–Crippen LogP) is 3.49. The molecule has 1 atom stereocenters. The van der Waals surface area contributed by atoms with E-state index in [0.29, 0.717) is 19.5 Å². The standard InChI is InChI=1S/C21H25N3O3/c1-3-22-21(26)24-14-6-9-19(24)20(25)23-18-8-5-4-7-17(18)15-10-12-16(27-2)13-11-15/h4-5,7-8,10-13,19H,3,6,9,14H2,1-2H3,(H,22,26)(H,23,25)/t19-/m0/s1. The first-order valence-corrected chi connectivity index (χ1v) is 9.22. The summed E-state index contributed by atoms with van der Waals surface area (Å²) < 4.78 is 5.21. The van der Waals surface area contributed by atoms with Gasteiger partial charge in [-0.25, -0.2) is 4.79 Å². The van der Waals surface area contributed by atoms with Crippen LogP contribution < -0.4 is 15.4 Å². The Morgan fingerprint density at radius 2 is 1.89 bits per heavy atom. The second-order valence-corrected chi connectivity index (χ2v) is 6.45. The van der Waals surface area contributed by atoms with Gasteiger partial charge in [0.2, 0.25) is 5.91 Å². The zero-order valence-electron chi connectivity index (χ0n) is 15.7. The average Bonchev–Trinajstić information content (AvgIpc) is 3.19. The number of methoxy groups -OCH3 is 1. The van der Waals surface area contributed by atoms with Gasteiger partial charge in [0.05, 0.1) is 7.11 Å². The highest BCUT2D eigenvalue weighted by atomic mass is 16.5. The van der Waals surface area contributed by atoms with E-state index in [-0.39, 0.29) is 11.9 Å². The number of nitrogens with zero attached hydrogens (tertiary/aromatic N) is 1. The third-order valence-corrected chi connectivity index (χ3v) is 4.73. The number of urea groups is 1. The van der Waals surface area contributed by atoms with E-state index in [1.165, 1.54) is 0 Å². The van der Waals surface area contributed by atoms with Crippen molar-refractivity contribution >= 4 is 17.6 Å². The van der Waals surface area contributed by atoms with E-state index in [1.807, 2.05) is 55.5 Å². The maximum absolute atomic E-state index is 12.9. The molecule has 3 amide bonds. The molecule has 27 heavy (non-hydrogen) atoms. The fourth-order valence-corrected chi connectivity index (χ4v) is 3.37. The highest BCUT2D eigenvalue weighted by Gasteiger charge is 2.34. The molecule has 0 saturated carbocycles. The Hall–Kier alpha value is -3.02. The SMILES string of the molecule is CCNC(=O)N1CCC[C@H]1C(=O)Nc1ccccc1-c1ccc(OC)cc1. The van der Waals surface area contributed by atoms with Crippen molar-refractivity contribution in [3.8, 4) is 16.9 Å². The van der Waals surface area contributed by atoms with Crippen LogP contribution in [0, 0.1) is 0 Å². The molecule has 0 unspecified atom stereocenters. The quantitative estimate of drug-likeness (QED) is 0.850. The van der Waals surface area contributed by atoms with Gasteiger partial charge in [-0.3, -0.25) is 4.79 Å². The summed E-state index contributed by atoms with van der Waals surface area (Å²) in [6, 6.07) is 14.7. The predicted molar refractivity (Wildman–Crippen MR) is 106 cm³/mol. The molecule has 6 nitrogen and oxygen atoms in total. The van der Waals surface area contributed by atoms with Crippen molar-refractivity contribution in [3.63, 3.8) is 0 Å². The highest BCUT2D eigenvalue weighted by molar-refractivity contribution is 6.00. The number of hydrogen-bond donors (Lipinski definition) is 2. The Kier molecular flexibility index (Phi) is 5.96. The van der Waals surface area contributed by atoms with Gasteiger partial charge < -0.3 is 20.3 Å². The molecule has 2 aromatic carbocycles. The van der Waals surface area contributed by atoms with Gasteiger partial charge in [-0.2, -0.15) is 0 Å². The van der Waals surface area contributed by atoms with Crippen molar-refractivity contribution in [3.05, 3.63) is 48.5 Å². The Labute approximate surface area is 159 Å². The third-order valence-electron chi connectivity index (χ3n) is 4.73. The molecule has 6 heteroatoms. The lowest BCUT2D eigenvalue weighted by atomic mass is 10.0. The van der Waals surface area contributed by atoms with Gasteiger partial charge in [0.15, 0.2) is 0 Å². The second kappa shape index (κ2) is 8.58. The van der Waals surface area contributed by atoms with Gasteiger partial charge in [0.25, 0.3) is 0 Å². The molecule has 0 radical (unpaired) electrons. The van der Waals surface area contributed by atoms with E-state index in [1.54, 1.807) is 12.0 Å². The number of nitrogens with one attached hydrogen (secondary N) is 2. The van der Waals surface area contributed by atoms with Crippen LogP contribution in [0.5, 0.6) is 5.75 Å². The Balaban J connectivity index is 1.79. The van der Waals surface area contributed by atoms with Crippen LogP contribution in [0.25, 0.3) is 11.1 Å². The topological polar surface area (TPSA) is 70.7 Å². The molecule has 2 N–H and O–H groups in total. The summed E-state index contributed by atoms with van der Waals surface area (Å²) in [5.74, 6) is 0.628. The van der Waals surface area contributed by atoms with E-state index >= 15 is 0 Å². The van der Waals surface area contributed by atoms with Crippen LogP contribution >= 0.6 is 0 Å². The van der Waals surface area contributed by atoms with Crippen molar-refractivity contribution in [1.29, 1.82) is 0 Å². The van der Waals surface area contributed by atoms with E-state index in [2.05, 4.69) is 10.6 Å². The molecule has 1 saturated heterocycles. The van der Waals surface area contributed by atoms with Crippen LogP contribution in [0.15, 0.2) is 48.5 Å². The van der Waals surface area contributed by atoms with E-state index in [9.17, 15) is 9.59 Å². The van der Waals surface area contributed by atoms with E-state index < -0.39 is 6.04 Å². The molecule has 0 spiro atoms. The summed E-state index contributed by atoms with van der Waals surface area (Å²) in [6.45, 7) is 3.02. The van der Waals surface area contributed by atoms with Crippen LogP contribution in [0.4, 0.5) is 10.5 Å². The van der Waals surface area contributed by atoms with Crippen molar-refractivity contribution < 1.29 is 14.3 Å². The lowest BCUT2D eigenvalue weighted by Gasteiger charge is -2.24. The number of amides is 3. The number of anilines is 1. The van der Waals surface area contributed by atoms with Crippen LogP contribution in [0.3, 0.4) is 0 Å². The lowest BCUT2D eigenvalue weighted by molar-refractivity contribution is -0.119. The summed E-state index contributed by atoms with van der Waals surface area (Å²) >= 11 is 0. The summed E-state index contributed by atoms with van der Waals surface area (Å²) in [5, 5.41) is 5.79. The number of para-hydroxylation sites is 1. The third kappa shape index (κ3) is 4.22. The first-order chi connectivity index (χ1) is 13.1. The Morgan fingerprint density at radius 3 is 2.59 bits per heavy atom. The molecule has 0 aliphatic carbocycles. The summed E-state index contributed by atoms with van der Waals surface area (Å²) in [4.78, 5) is 26.7. The smallest absolute Gasteiger partial charge is 0.318 e. The normalized spacial score (nSPS) is 16.1. The number of carbonyl (C=O) groups excluding carboxylic acids is 2. The Bertz CT molecular complexity index is 805. The number of carbonyl (C=O) groups is 2. The Morgan fingerprint density at radius 1 is 1.15 bits per heavy atom. The largest absolute Gasteiger partial charge is 0.497 e. The first-order valence-electron chi connectivity index (χ1n) is 9.22. The zero-order chi connectivity index (χ0) is 19.2. The number of benzene rings is 2. The molecule has 3 rings (SSSR count). The molecule has 1 aliphatic heterocycles. The van der Waals surface area contributed by atoms with Gasteiger partial charge in [0.1, 0.15) is 11.8 Å². The van der Waals surface area contributed by atoms with E-state index in [0.717, 1.165) is 29.0 Å².